The van der Waals surface area contributed by atoms with Crippen LogP contribution in [0.25, 0.3) is 21.3 Å². The number of nitrogens with zero attached hydrogens (tertiary/aromatic N) is 3. The third-order valence-electron chi connectivity index (χ3n) is 6.84. The van der Waals surface area contributed by atoms with E-state index in [2.05, 4.69) is 9.97 Å². The van der Waals surface area contributed by atoms with Crippen LogP contribution in [0.2, 0.25) is 0 Å². The third-order valence-corrected chi connectivity index (χ3v) is 7.80. The Morgan fingerprint density at radius 3 is 2.65 bits per heavy atom. The van der Waals surface area contributed by atoms with E-state index in [1.807, 2.05) is 6.92 Å². The van der Waals surface area contributed by atoms with Crippen molar-refractivity contribution in [2.24, 2.45) is 11.8 Å². The first-order chi connectivity index (χ1) is 16.4. The number of carbonyl (C=O) groups excluding carboxylic acids is 1. The van der Waals surface area contributed by atoms with Crippen LogP contribution in [-0.4, -0.2) is 59.0 Å². The van der Waals surface area contributed by atoms with E-state index in [0.29, 0.717) is 48.0 Å². The molecule has 1 aromatic carbocycles. The summed E-state index contributed by atoms with van der Waals surface area (Å²) in [4.78, 5) is 23.1. The lowest BCUT2D eigenvalue weighted by atomic mass is 9.84. The standard InChI is InChI=1S/C24H23F2N3O4S/c1-24(4-5-24)33-23(30)29-7-13-9-31-10-14(8-29)20(13)32-22-21-19(27-12-28-22)17(11-34-21)16-3-2-15(25)6-18(16)26/h2-3,6,11-14,20H,4-5,7-10H2,1H3. The molecule has 2 saturated heterocycles. The summed E-state index contributed by atoms with van der Waals surface area (Å²) in [6.45, 7) is 3.89. The van der Waals surface area contributed by atoms with Crippen LogP contribution in [0.4, 0.5) is 13.6 Å². The average Bonchev–Trinajstić information content (AvgIpc) is 3.35. The maximum absolute atomic E-state index is 14.4. The molecule has 0 N–H and O–H groups in total. The summed E-state index contributed by atoms with van der Waals surface area (Å²) in [7, 11) is 0. The second kappa shape index (κ2) is 8.13. The second-order valence-corrected chi connectivity index (χ2v) is 10.4. The summed E-state index contributed by atoms with van der Waals surface area (Å²) >= 11 is 1.36. The molecule has 7 nitrogen and oxygen atoms in total. The zero-order valence-electron chi connectivity index (χ0n) is 18.5. The molecular formula is C24H23F2N3O4S. The molecule has 3 aliphatic rings. The molecule has 4 heterocycles. The van der Waals surface area contributed by atoms with E-state index in [1.54, 1.807) is 10.3 Å². The van der Waals surface area contributed by atoms with Gasteiger partial charge in [-0.2, -0.15) is 0 Å². The van der Waals surface area contributed by atoms with Crippen molar-refractivity contribution in [2.75, 3.05) is 26.3 Å². The number of carbonyl (C=O) groups is 1. The van der Waals surface area contributed by atoms with Gasteiger partial charge >= 0.3 is 6.09 Å². The molecule has 178 valence electrons. The van der Waals surface area contributed by atoms with Crippen molar-refractivity contribution < 1.29 is 27.8 Å². The van der Waals surface area contributed by atoms with Gasteiger partial charge in [-0.05, 0) is 31.9 Å². The molecule has 34 heavy (non-hydrogen) atoms. The Balaban J connectivity index is 1.25. The van der Waals surface area contributed by atoms with E-state index < -0.39 is 11.6 Å². The third kappa shape index (κ3) is 3.88. The number of fused-ring (bicyclic) bond motifs is 3. The highest BCUT2D eigenvalue weighted by molar-refractivity contribution is 7.18. The van der Waals surface area contributed by atoms with E-state index in [4.69, 9.17) is 14.2 Å². The number of thiophene rings is 1. The van der Waals surface area contributed by atoms with E-state index in [-0.39, 0.29) is 35.2 Å². The highest BCUT2D eigenvalue weighted by atomic mass is 32.1. The fourth-order valence-corrected chi connectivity index (χ4v) is 5.69. The zero-order valence-corrected chi connectivity index (χ0v) is 19.3. The van der Waals surface area contributed by atoms with Gasteiger partial charge in [0.15, 0.2) is 0 Å². The Kier molecular flexibility index (Phi) is 5.18. The lowest BCUT2D eigenvalue weighted by Crippen LogP contribution is -2.59. The van der Waals surface area contributed by atoms with Crippen LogP contribution in [0.15, 0.2) is 29.9 Å². The number of rotatable bonds is 4. The van der Waals surface area contributed by atoms with Crippen LogP contribution in [-0.2, 0) is 9.47 Å². The van der Waals surface area contributed by atoms with Gasteiger partial charge in [-0.25, -0.2) is 23.5 Å². The normalized spacial score (nSPS) is 25.3. The first-order valence-electron chi connectivity index (χ1n) is 11.3. The zero-order chi connectivity index (χ0) is 23.4. The molecule has 1 saturated carbocycles. The van der Waals surface area contributed by atoms with Crippen molar-refractivity contribution in [1.82, 2.24) is 14.9 Å². The quantitative estimate of drug-likeness (QED) is 0.533. The van der Waals surface area contributed by atoms with Crippen molar-refractivity contribution >= 4 is 27.6 Å². The summed E-state index contributed by atoms with van der Waals surface area (Å²) < 4.78 is 46.3. The van der Waals surface area contributed by atoms with E-state index in [1.165, 1.54) is 29.8 Å². The minimum atomic E-state index is -0.647. The van der Waals surface area contributed by atoms with Crippen molar-refractivity contribution in [3.8, 4) is 17.0 Å². The topological polar surface area (TPSA) is 73.8 Å². The van der Waals surface area contributed by atoms with Crippen LogP contribution < -0.4 is 4.74 Å². The molecule has 6 rings (SSSR count). The van der Waals surface area contributed by atoms with Gasteiger partial charge in [-0.15, -0.1) is 11.3 Å². The minimum Gasteiger partial charge on any atom is -0.472 e. The van der Waals surface area contributed by atoms with Gasteiger partial charge in [0.1, 0.15) is 34.4 Å². The van der Waals surface area contributed by atoms with Gasteiger partial charge in [-0.3, -0.25) is 0 Å². The smallest absolute Gasteiger partial charge is 0.410 e. The van der Waals surface area contributed by atoms with Crippen molar-refractivity contribution in [2.45, 2.75) is 31.5 Å². The Morgan fingerprint density at radius 2 is 1.94 bits per heavy atom. The van der Waals surface area contributed by atoms with Gasteiger partial charge in [0, 0.05) is 47.5 Å². The van der Waals surface area contributed by atoms with Crippen molar-refractivity contribution in [1.29, 1.82) is 0 Å². The molecule has 2 bridgehead atoms. The van der Waals surface area contributed by atoms with Crippen molar-refractivity contribution in [3.05, 3.63) is 41.5 Å². The molecule has 2 unspecified atom stereocenters. The number of benzene rings is 1. The van der Waals surface area contributed by atoms with E-state index in [0.717, 1.165) is 18.9 Å². The summed E-state index contributed by atoms with van der Waals surface area (Å²) in [5, 5.41) is 1.78. The number of aromatic nitrogens is 2. The molecular weight excluding hydrogens is 464 g/mol. The number of hydrogen-bond acceptors (Lipinski definition) is 7. The number of ether oxygens (including phenoxy) is 3. The van der Waals surface area contributed by atoms with Crippen LogP contribution in [0.5, 0.6) is 5.88 Å². The van der Waals surface area contributed by atoms with Crippen LogP contribution in [0.1, 0.15) is 19.8 Å². The van der Waals surface area contributed by atoms with Crippen LogP contribution in [0, 0.1) is 23.5 Å². The number of hydrogen-bond donors (Lipinski definition) is 0. The largest absolute Gasteiger partial charge is 0.472 e. The molecule has 1 aliphatic carbocycles. The number of piperidine rings is 1. The predicted molar refractivity (Wildman–Crippen MR) is 121 cm³/mol. The van der Waals surface area contributed by atoms with Crippen LogP contribution in [0.3, 0.4) is 0 Å². The van der Waals surface area contributed by atoms with Gasteiger partial charge in [0.2, 0.25) is 5.88 Å². The first-order valence-corrected chi connectivity index (χ1v) is 12.2. The first kappa shape index (κ1) is 21.7. The number of likely N-dealkylation sites (tertiary alicyclic amines) is 1. The van der Waals surface area contributed by atoms with Gasteiger partial charge in [-0.1, -0.05) is 0 Å². The summed E-state index contributed by atoms with van der Waals surface area (Å²) in [5.41, 5.74) is 1.09. The molecule has 3 aromatic rings. The molecule has 1 amide bonds. The summed E-state index contributed by atoms with van der Waals surface area (Å²) in [5.74, 6) is -0.897. The highest BCUT2D eigenvalue weighted by Gasteiger charge is 2.47. The molecule has 2 aliphatic heterocycles. The Hall–Kier alpha value is -2.85. The van der Waals surface area contributed by atoms with Crippen LogP contribution >= 0.6 is 11.3 Å². The molecule has 2 atom stereocenters. The maximum atomic E-state index is 14.4. The Morgan fingerprint density at radius 1 is 1.18 bits per heavy atom. The highest BCUT2D eigenvalue weighted by Crippen LogP contribution is 2.41. The Labute approximate surface area is 198 Å². The van der Waals surface area contributed by atoms with E-state index in [9.17, 15) is 13.6 Å². The molecule has 0 radical (unpaired) electrons. The van der Waals surface area contributed by atoms with E-state index >= 15 is 0 Å². The lowest BCUT2D eigenvalue weighted by Gasteiger charge is -2.46. The minimum absolute atomic E-state index is 0.0222. The van der Waals surface area contributed by atoms with Gasteiger partial charge < -0.3 is 19.1 Å². The Bertz CT molecular complexity index is 1250. The lowest BCUT2D eigenvalue weighted by molar-refractivity contribution is -0.111. The van der Waals surface area contributed by atoms with Crippen molar-refractivity contribution in [3.63, 3.8) is 0 Å². The number of halogens is 2. The summed E-state index contributed by atoms with van der Waals surface area (Å²) in [6.07, 6.45) is 2.75. The molecule has 3 fully saturated rings. The van der Waals surface area contributed by atoms with Gasteiger partial charge in [0.05, 0.1) is 18.7 Å². The molecule has 10 heteroatoms. The predicted octanol–water partition coefficient (Wildman–Crippen LogP) is 4.65. The maximum Gasteiger partial charge on any atom is 0.410 e. The monoisotopic (exact) mass is 487 g/mol. The second-order valence-electron chi connectivity index (χ2n) is 9.49. The fourth-order valence-electron chi connectivity index (χ4n) is 4.74. The van der Waals surface area contributed by atoms with Gasteiger partial charge in [0.25, 0.3) is 0 Å². The number of amides is 1. The molecule has 0 spiro atoms. The average molecular weight is 488 g/mol. The fraction of sp³-hybridized carbons (Fsp3) is 0.458. The SMILES string of the molecule is CC1(OC(=O)N2CC3COCC(C2)C3Oc2ncnc3c(-c4ccc(F)cc4F)csc23)CC1. The molecule has 2 aromatic heterocycles. The summed E-state index contributed by atoms with van der Waals surface area (Å²) in [6, 6.07) is 3.50.